The molecule has 0 aromatic rings. The number of hydrogen-bond acceptors (Lipinski definition) is 1. The van der Waals surface area contributed by atoms with E-state index in [0.29, 0.717) is 12.8 Å². The molecule has 1 atom stereocenters. The third kappa shape index (κ3) is 0.533. The largest absolute Gasteiger partial charge is 0.393 e. The van der Waals surface area contributed by atoms with Gasteiger partial charge in [0.05, 0.1) is 5.92 Å². The molecule has 3 rings (SSSR count). The molecule has 3 fully saturated rings. The summed E-state index contributed by atoms with van der Waals surface area (Å²) in [5.74, 6) is -1.33. The van der Waals surface area contributed by atoms with E-state index in [2.05, 4.69) is 0 Å². The molecule has 0 aromatic heterocycles. The highest BCUT2D eigenvalue weighted by molar-refractivity contribution is 5.20. The molecule has 1 nitrogen and oxygen atoms in total. The highest BCUT2D eigenvalue weighted by Gasteiger charge is 2.72. The second-order valence-electron chi connectivity index (χ2n) is 3.42. The predicted molar refractivity (Wildman–Crippen MR) is 29.2 cm³/mol. The molecule has 58 valence electrons. The van der Waals surface area contributed by atoms with Crippen molar-refractivity contribution in [3.8, 4) is 0 Å². The lowest BCUT2D eigenvalue weighted by Gasteiger charge is -2.66. The fourth-order valence-corrected chi connectivity index (χ4v) is 2.15. The van der Waals surface area contributed by atoms with Crippen molar-refractivity contribution in [2.45, 2.75) is 24.6 Å². The second kappa shape index (κ2) is 1.35. The van der Waals surface area contributed by atoms with Crippen LogP contribution in [0.3, 0.4) is 0 Å². The Morgan fingerprint density at radius 1 is 1.30 bits per heavy atom. The van der Waals surface area contributed by atoms with Crippen LogP contribution in [0.15, 0.2) is 0 Å². The van der Waals surface area contributed by atoms with Crippen molar-refractivity contribution >= 4 is 0 Å². The average molecular weight is 151 g/mol. The van der Waals surface area contributed by atoms with Crippen LogP contribution in [0, 0.1) is 11.8 Å². The van der Waals surface area contributed by atoms with E-state index in [1.807, 2.05) is 0 Å². The van der Waals surface area contributed by atoms with Gasteiger partial charge < -0.3 is 5.73 Å². The molecule has 3 aliphatic carbocycles. The first-order valence-corrected chi connectivity index (χ1v) is 3.29. The van der Waals surface area contributed by atoms with Crippen molar-refractivity contribution in [1.82, 2.24) is 0 Å². The van der Waals surface area contributed by atoms with E-state index in [1.54, 1.807) is 0 Å². The van der Waals surface area contributed by atoms with Crippen LogP contribution in [0.2, 0.25) is 0 Å². The predicted octanol–water partition coefficient (Wildman–Crippen LogP) is 1.29. The number of halogens is 3. The molecule has 2 bridgehead atoms. The van der Waals surface area contributed by atoms with Crippen LogP contribution < -0.4 is 5.73 Å². The lowest BCUT2D eigenvalue weighted by Crippen LogP contribution is -2.76. The normalized spacial score (nSPS) is 51.6. The molecule has 2 N–H and O–H groups in total. The molecule has 0 spiro atoms. The first-order valence-electron chi connectivity index (χ1n) is 3.29. The van der Waals surface area contributed by atoms with Crippen LogP contribution in [0.25, 0.3) is 0 Å². The fraction of sp³-hybridized carbons (Fsp3) is 1.00. The van der Waals surface area contributed by atoms with E-state index in [-0.39, 0.29) is 5.92 Å². The smallest absolute Gasteiger partial charge is 0.325 e. The first-order chi connectivity index (χ1) is 4.43. The zero-order valence-electron chi connectivity index (χ0n) is 5.28. The molecule has 1 unspecified atom stereocenters. The Morgan fingerprint density at radius 2 is 1.80 bits per heavy atom. The van der Waals surface area contributed by atoms with Crippen LogP contribution in [-0.2, 0) is 0 Å². The van der Waals surface area contributed by atoms with Gasteiger partial charge in [0.2, 0.25) is 0 Å². The summed E-state index contributed by atoms with van der Waals surface area (Å²) in [6, 6.07) is 0. The number of hydrogen-bond donors (Lipinski definition) is 1. The van der Waals surface area contributed by atoms with Gasteiger partial charge in [-0.15, -0.1) is 0 Å². The maximum atomic E-state index is 11.9. The third-order valence-electron chi connectivity index (χ3n) is 2.73. The quantitative estimate of drug-likeness (QED) is 0.554. The molecule has 3 saturated carbocycles. The van der Waals surface area contributed by atoms with Gasteiger partial charge in [-0.1, -0.05) is 0 Å². The van der Waals surface area contributed by atoms with Crippen molar-refractivity contribution in [2.75, 3.05) is 0 Å². The lowest BCUT2D eigenvalue weighted by atomic mass is 9.42. The Kier molecular flexibility index (Phi) is 0.870. The standard InChI is InChI=1S/C6H8F3N/c7-6(8,9)4-3-1-5(4,10)2-3/h3-4H,1-2,10H2. The van der Waals surface area contributed by atoms with Crippen molar-refractivity contribution in [2.24, 2.45) is 17.6 Å². The summed E-state index contributed by atoms with van der Waals surface area (Å²) in [5, 5.41) is 0. The summed E-state index contributed by atoms with van der Waals surface area (Å²) in [6.07, 6.45) is -2.88. The second-order valence-corrected chi connectivity index (χ2v) is 3.42. The van der Waals surface area contributed by atoms with Gasteiger partial charge in [-0.05, 0) is 18.8 Å². The van der Waals surface area contributed by atoms with Crippen LogP contribution in [0.1, 0.15) is 12.8 Å². The average Bonchev–Trinajstić information content (AvgIpc) is 1.53. The summed E-state index contributed by atoms with van der Waals surface area (Å²) in [7, 11) is 0. The van der Waals surface area contributed by atoms with Crippen molar-refractivity contribution in [3.05, 3.63) is 0 Å². The third-order valence-corrected chi connectivity index (χ3v) is 2.73. The van der Waals surface area contributed by atoms with Gasteiger partial charge in [-0.3, -0.25) is 0 Å². The fourth-order valence-electron chi connectivity index (χ4n) is 2.15. The van der Waals surface area contributed by atoms with Crippen LogP contribution in [0.4, 0.5) is 13.2 Å². The summed E-state index contributed by atoms with van der Waals surface area (Å²) in [6.45, 7) is 0. The molecule has 0 amide bonds. The Labute approximate surface area is 56.4 Å². The van der Waals surface area contributed by atoms with E-state index in [0.717, 1.165) is 0 Å². The zero-order valence-corrected chi connectivity index (χ0v) is 5.28. The van der Waals surface area contributed by atoms with Crippen LogP contribution in [-0.4, -0.2) is 11.7 Å². The van der Waals surface area contributed by atoms with Gasteiger partial charge in [0.25, 0.3) is 0 Å². The molecular formula is C6H8F3N. The SMILES string of the molecule is NC12CC(C1)C2C(F)(F)F. The van der Waals surface area contributed by atoms with Crippen molar-refractivity contribution in [3.63, 3.8) is 0 Å². The Morgan fingerprint density at radius 3 is 1.80 bits per heavy atom. The number of rotatable bonds is 0. The van der Waals surface area contributed by atoms with Crippen molar-refractivity contribution in [1.29, 1.82) is 0 Å². The number of nitrogens with two attached hydrogens (primary N) is 1. The molecule has 10 heavy (non-hydrogen) atoms. The maximum absolute atomic E-state index is 11.9. The molecule has 0 aromatic carbocycles. The summed E-state index contributed by atoms with van der Waals surface area (Å²) < 4.78 is 35.8. The van der Waals surface area contributed by atoms with E-state index in [9.17, 15) is 13.2 Å². The molecule has 0 aliphatic heterocycles. The monoisotopic (exact) mass is 151 g/mol. The summed E-state index contributed by atoms with van der Waals surface area (Å²) in [5.41, 5.74) is 4.54. The van der Waals surface area contributed by atoms with Gasteiger partial charge in [0.15, 0.2) is 0 Å². The Hall–Kier alpha value is -0.250. The minimum atomic E-state index is -4.05. The first kappa shape index (κ1) is 6.46. The molecule has 0 radical (unpaired) electrons. The van der Waals surface area contributed by atoms with E-state index < -0.39 is 17.6 Å². The topological polar surface area (TPSA) is 26.0 Å². The molecule has 3 aliphatic rings. The summed E-state index contributed by atoms with van der Waals surface area (Å²) >= 11 is 0. The van der Waals surface area contributed by atoms with Gasteiger partial charge >= 0.3 is 6.18 Å². The maximum Gasteiger partial charge on any atom is 0.393 e. The molecule has 0 heterocycles. The van der Waals surface area contributed by atoms with Crippen molar-refractivity contribution < 1.29 is 13.2 Å². The van der Waals surface area contributed by atoms with Gasteiger partial charge in [0.1, 0.15) is 0 Å². The minimum Gasteiger partial charge on any atom is -0.325 e. The van der Waals surface area contributed by atoms with E-state index in [4.69, 9.17) is 5.73 Å². The van der Waals surface area contributed by atoms with E-state index >= 15 is 0 Å². The van der Waals surface area contributed by atoms with Crippen LogP contribution in [0.5, 0.6) is 0 Å². The van der Waals surface area contributed by atoms with Crippen LogP contribution >= 0.6 is 0 Å². The Bertz CT molecular complexity index is 163. The molecular weight excluding hydrogens is 143 g/mol. The highest BCUT2D eigenvalue weighted by Crippen LogP contribution is 2.65. The lowest BCUT2D eigenvalue weighted by molar-refractivity contribution is -0.292. The highest BCUT2D eigenvalue weighted by atomic mass is 19.4. The van der Waals surface area contributed by atoms with Gasteiger partial charge in [-0.25, -0.2) is 0 Å². The molecule has 4 heteroatoms. The number of alkyl halides is 3. The van der Waals surface area contributed by atoms with Gasteiger partial charge in [0, 0.05) is 5.54 Å². The molecule has 0 saturated heterocycles. The van der Waals surface area contributed by atoms with Gasteiger partial charge in [-0.2, -0.15) is 13.2 Å². The Balaban J connectivity index is 2.11. The minimum absolute atomic E-state index is 0.148. The summed E-state index contributed by atoms with van der Waals surface area (Å²) in [4.78, 5) is 0. The zero-order chi connectivity index (χ0) is 7.57. The van der Waals surface area contributed by atoms with E-state index in [1.165, 1.54) is 0 Å².